The Morgan fingerprint density at radius 1 is 1.47 bits per heavy atom. The standard InChI is InChI=1S/C12H15N3S2/c1-2-15-8-9-17-12(15)14-11(16)13-10-6-4-3-5-7-10/h3-7H,2,8-9H2,1H3,(H,13,16)/b14-12+. The van der Waals surface area contributed by atoms with Gasteiger partial charge in [0.05, 0.1) is 0 Å². The van der Waals surface area contributed by atoms with Crippen LogP contribution in [0.5, 0.6) is 0 Å². The van der Waals surface area contributed by atoms with Crippen molar-refractivity contribution in [2.45, 2.75) is 6.92 Å². The molecule has 2 rings (SSSR count). The van der Waals surface area contributed by atoms with E-state index in [1.807, 2.05) is 30.3 Å². The van der Waals surface area contributed by atoms with E-state index in [1.165, 1.54) is 0 Å². The van der Waals surface area contributed by atoms with Crippen LogP contribution in [0.25, 0.3) is 0 Å². The van der Waals surface area contributed by atoms with Gasteiger partial charge in [0.15, 0.2) is 10.3 Å². The van der Waals surface area contributed by atoms with Gasteiger partial charge in [-0.3, -0.25) is 0 Å². The molecule has 0 saturated carbocycles. The Kier molecular flexibility index (Phi) is 4.39. The van der Waals surface area contributed by atoms with Gasteiger partial charge in [0.2, 0.25) is 0 Å². The topological polar surface area (TPSA) is 27.6 Å². The van der Waals surface area contributed by atoms with Crippen molar-refractivity contribution in [3.63, 3.8) is 0 Å². The van der Waals surface area contributed by atoms with Gasteiger partial charge in [-0.05, 0) is 31.3 Å². The van der Waals surface area contributed by atoms with E-state index in [2.05, 4.69) is 22.1 Å². The molecule has 17 heavy (non-hydrogen) atoms. The monoisotopic (exact) mass is 265 g/mol. The lowest BCUT2D eigenvalue weighted by molar-refractivity contribution is 0.489. The van der Waals surface area contributed by atoms with Crippen LogP contribution in [-0.4, -0.2) is 34.0 Å². The minimum atomic E-state index is 0.527. The molecule has 0 aliphatic carbocycles. The van der Waals surface area contributed by atoms with E-state index < -0.39 is 0 Å². The number of nitrogens with zero attached hydrogens (tertiary/aromatic N) is 2. The van der Waals surface area contributed by atoms with Gasteiger partial charge >= 0.3 is 0 Å². The maximum Gasteiger partial charge on any atom is 0.199 e. The zero-order chi connectivity index (χ0) is 12.1. The van der Waals surface area contributed by atoms with Gasteiger partial charge in [0.25, 0.3) is 0 Å². The molecule has 0 atom stereocenters. The fraction of sp³-hybridized carbons (Fsp3) is 0.333. The molecule has 0 spiro atoms. The van der Waals surface area contributed by atoms with Gasteiger partial charge in [-0.1, -0.05) is 30.0 Å². The summed E-state index contributed by atoms with van der Waals surface area (Å²) in [5.41, 5.74) is 0.980. The molecular weight excluding hydrogens is 250 g/mol. The maximum absolute atomic E-state index is 5.23. The summed E-state index contributed by atoms with van der Waals surface area (Å²) in [6.45, 7) is 4.18. The Morgan fingerprint density at radius 3 is 2.94 bits per heavy atom. The molecule has 0 bridgehead atoms. The number of nitrogens with one attached hydrogen (secondary N) is 1. The third-order valence-electron chi connectivity index (χ3n) is 2.47. The third-order valence-corrected chi connectivity index (χ3v) is 3.65. The van der Waals surface area contributed by atoms with E-state index in [0.717, 1.165) is 29.7 Å². The summed E-state index contributed by atoms with van der Waals surface area (Å²) < 4.78 is 0. The number of benzene rings is 1. The van der Waals surface area contributed by atoms with Crippen molar-refractivity contribution in [2.75, 3.05) is 24.2 Å². The first kappa shape index (κ1) is 12.4. The van der Waals surface area contributed by atoms with Crippen molar-refractivity contribution in [1.82, 2.24) is 4.90 Å². The first-order valence-electron chi connectivity index (χ1n) is 5.62. The second-order valence-electron chi connectivity index (χ2n) is 3.62. The molecule has 0 unspecified atom stereocenters. The highest BCUT2D eigenvalue weighted by Gasteiger charge is 2.17. The highest BCUT2D eigenvalue weighted by molar-refractivity contribution is 8.14. The van der Waals surface area contributed by atoms with E-state index in [-0.39, 0.29) is 0 Å². The molecule has 1 aliphatic rings. The Morgan fingerprint density at radius 2 is 2.24 bits per heavy atom. The van der Waals surface area contributed by atoms with Gasteiger partial charge in [-0.15, -0.1) is 0 Å². The fourth-order valence-corrected chi connectivity index (χ4v) is 2.91. The molecule has 5 heteroatoms. The number of hydrogen-bond acceptors (Lipinski definition) is 2. The van der Waals surface area contributed by atoms with E-state index in [9.17, 15) is 0 Å². The molecule has 1 saturated heterocycles. The van der Waals surface area contributed by atoms with Gasteiger partial charge in [-0.2, -0.15) is 4.99 Å². The van der Waals surface area contributed by atoms with Crippen molar-refractivity contribution in [3.8, 4) is 0 Å². The highest BCUT2D eigenvalue weighted by Crippen LogP contribution is 2.17. The second-order valence-corrected chi connectivity index (χ2v) is 5.07. The van der Waals surface area contributed by atoms with Crippen LogP contribution in [-0.2, 0) is 0 Å². The van der Waals surface area contributed by atoms with Crippen molar-refractivity contribution in [2.24, 2.45) is 4.99 Å². The average Bonchev–Trinajstić information content (AvgIpc) is 2.77. The van der Waals surface area contributed by atoms with Gasteiger partial charge < -0.3 is 10.2 Å². The normalized spacial score (nSPS) is 17.5. The maximum atomic E-state index is 5.23. The van der Waals surface area contributed by atoms with Crippen molar-refractivity contribution < 1.29 is 0 Å². The minimum Gasteiger partial charge on any atom is -0.351 e. The van der Waals surface area contributed by atoms with E-state index >= 15 is 0 Å². The number of para-hydroxylation sites is 1. The minimum absolute atomic E-state index is 0.527. The van der Waals surface area contributed by atoms with Crippen molar-refractivity contribution >= 4 is 39.9 Å². The summed E-state index contributed by atoms with van der Waals surface area (Å²) >= 11 is 7.00. The highest BCUT2D eigenvalue weighted by atomic mass is 32.2. The van der Waals surface area contributed by atoms with E-state index in [4.69, 9.17) is 12.2 Å². The number of amidine groups is 1. The van der Waals surface area contributed by atoms with E-state index in [1.54, 1.807) is 11.8 Å². The first-order chi connectivity index (χ1) is 8.29. The predicted molar refractivity (Wildman–Crippen MR) is 79.8 cm³/mol. The van der Waals surface area contributed by atoms with Crippen LogP contribution in [0.3, 0.4) is 0 Å². The zero-order valence-electron chi connectivity index (χ0n) is 9.72. The van der Waals surface area contributed by atoms with Crippen LogP contribution in [0.1, 0.15) is 6.92 Å². The summed E-state index contributed by atoms with van der Waals surface area (Å²) in [7, 11) is 0. The van der Waals surface area contributed by atoms with Crippen molar-refractivity contribution in [1.29, 1.82) is 0 Å². The lowest BCUT2D eigenvalue weighted by Gasteiger charge is -2.14. The van der Waals surface area contributed by atoms with E-state index in [0.29, 0.717) is 5.11 Å². The summed E-state index contributed by atoms with van der Waals surface area (Å²) in [4.78, 5) is 6.69. The largest absolute Gasteiger partial charge is 0.351 e. The number of thioether (sulfide) groups is 1. The summed E-state index contributed by atoms with van der Waals surface area (Å²) in [6, 6.07) is 9.88. The molecule has 0 amide bonds. The number of aliphatic imine (C=N–C) groups is 1. The van der Waals surface area contributed by atoms with Crippen molar-refractivity contribution in [3.05, 3.63) is 30.3 Å². The zero-order valence-corrected chi connectivity index (χ0v) is 11.4. The number of hydrogen-bond donors (Lipinski definition) is 1. The van der Waals surface area contributed by atoms with Crippen LogP contribution < -0.4 is 5.32 Å². The summed E-state index contributed by atoms with van der Waals surface area (Å²) in [6.07, 6.45) is 0. The third kappa shape index (κ3) is 3.44. The van der Waals surface area contributed by atoms with Crippen LogP contribution in [0, 0.1) is 0 Å². The Hall–Kier alpha value is -1.07. The van der Waals surface area contributed by atoms with Crippen LogP contribution in [0.2, 0.25) is 0 Å². The Balaban J connectivity index is 1.99. The molecule has 0 aromatic heterocycles. The van der Waals surface area contributed by atoms with Crippen LogP contribution >= 0.6 is 24.0 Å². The van der Waals surface area contributed by atoms with Crippen LogP contribution in [0.15, 0.2) is 35.3 Å². The number of anilines is 1. The summed E-state index contributed by atoms with van der Waals surface area (Å²) in [5.74, 6) is 1.10. The van der Waals surface area contributed by atoms with Gasteiger partial charge in [0, 0.05) is 24.5 Å². The number of rotatable bonds is 2. The molecular formula is C12H15N3S2. The molecule has 90 valence electrons. The molecule has 0 radical (unpaired) electrons. The quantitative estimate of drug-likeness (QED) is 0.832. The Bertz CT molecular complexity index is 417. The molecule has 1 heterocycles. The molecule has 1 aromatic carbocycles. The Labute approximate surface area is 111 Å². The van der Waals surface area contributed by atoms with Crippen LogP contribution in [0.4, 0.5) is 5.69 Å². The smallest absolute Gasteiger partial charge is 0.199 e. The predicted octanol–water partition coefficient (Wildman–Crippen LogP) is 2.81. The molecule has 1 fully saturated rings. The average molecular weight is 265 g/mol. The summed E-state index contributed by atoms with van der Waals surface area (Å²) in [5, 5.41) is 4.67. The second kappa shape index (κ2) is 6.02. The first-order valence-corrected chi connectivity index (χ1v) is 7.01. The fourth-order valence-electron chi connectivity index (χ4n) is 1.59. The molecule has 1 aliphatic heterocycles. The lowest BCUT2D eigenvalue weighted by Crippen LogP contribution is -2.25. The van der Waals surface area contributed by atoms with Gasteiger partial charge in [0.1, 0.15) is 0 Å². The van der Waals surface area contributed by atoms with Gasteiger partial charge in [-0.25, -0.2) is 0 Å². The number of thiocarbonyl (C=S) groups is 1. The molecule has 1 aromatic rings. The molecule has 3 nitrogen and oxygen atoms in total. The molecule has 1 N–H and O–H groups in total. The lowest BCUT2D eigenvalue weighted by atomic mass is 10.3. The SMILES string of the molecule is CCN1CCS/C1=N/C(=S)Nc1ccccc1.